The Balaban J connectivity index is 1.13. The number of amides is 2. The third-order valence-corrected chi connectivity index (χ3v) is 5.73. The van der Waals surface area contributed by atoms with Crippen molar-refractivity contribution >= 4 is 6.03 Å². The highest BCUT2D eigenvalue weighted by Crippen LogP contribution is 2.31. The van der Waals surface area contributed by atoms with Crippen molar-refractivity contribution in [2.24, 2.45) is 0 Å². The topological polar surface area (TPSA) is 76.4 Å². The molecule has 9 heteroatoms. The van der Waals surface area contributed by atoms with Gasteiger partial charge in [-0.3, -0.25) is 0 Å². The molecule has 30 heavy (non-hydrogen) atoms. The number of hydrogen-bond acceptors (Lipinski definition) is 5. The highest BCUT2D eigenvalue weighted by atomic mass is 19.1. The highest BCUT2D eigenvalue weighted by Gasteiger charge is 2.37. The minimum absolute atomic E-state index is 0.0816. The van der Waals surface area contributed by atoms with E-state index < -0.39 is 0 Å². The van der Waals surface area contributed by atoms with Crippen LogP contribution in [0, 0.1) is 5.82 Å². The largest absolute Gasteiger partial charge is 0.457 e. The zero-order valence-corrected chi connectivity index (χ0v) is 16.3. The van der Waals surface area contributed by atoms with E-state index in [9.17, 15) is 9.18 Å². The lowest BCUT2D eigenvalue weighted by atomic mass is 9.92. The Labute approximate surface area is 172 Å². The van der Waals surface area contributed by atoms with Crippen LogP contribution < -0.4 is 4.74 Å². The van der Waals surface area contributed by atoms with E-state index in [1.165, 1.54) is 17.7 Å². The Hall–Kier alpha value is -3.49. The van der Waals surface area contributed by atoms with Gasteiger partial charge in [0, 0.05) is 32.1 Å². The van der Waals surface area contributed by atoms with Crippen LogP contribution >= 0.6 is 0 Å². The molecule has 0 radical (unpaired) electrons. The van der Waals surface area contributed by atoms with Crippen molar-refractivity contribution in [1.29, 1.82) is 0 Å². The minimum atomic E-state index is -0.290. The molecule has 1 atom stereocenters. The van der Waals surface area contributed by atoms with E-state index >= 15 is 0 Å². The summed E-state index contributed by atoms with van der Waals surface area (Å²) in [5.74, 6) is 1.33. The van der Waals surface area contributed by atoms with E-state index in [-0.39, 0.29) is 17.9 Å². The Morgan fingerprint density at radius 2 is 1.67 bits per heavy atom. The van der Waals surface area contributed by atoms with Crippen molar-refractivity contribution < 1.29 is 13.9 Å². The standard InChI is InChI=1S/C21H21FN6O2/c22-17-3-7-20(8-4-17)30-19-5-1-15(2-6-19)16-11-27(12-16)21(29)26-10-9-18(13-26)28-14-23-24-25-28/h1-8,14,16,18H,9-13H2/t18-/m1/s1. The Morgan fingerprint density at radius 1 is 0.967 bits per heavy atom. The van der Waals surface area contributed by atoms with Crippen molar-refractivity contribution in [2.45, 2.75) is 18.4 Å². The van der Waals surface area contributed by atoms with Gasteiger partial charge in [0.1, 0.15) is 23.6 Å². The number of nitrogens with zero attached hydrogens (tertiary/aromatic N) is 6. The smallest absolute Gasteiger partial charge is 0.320 e. The zero-order chi connectivity index (χ0) is 20.5. The molecule has 0 aliphatic carbocycles. The number of urea groups is 1. The van der Waals surface area contributed by atoms with Crippen LogP contribution in [0.15, 0.2) is 54.9 Å². The van der Waals surface area contributed by atoms with Gasteiger partial charge in [0.25, 0.3) is 0 Å². The van der Waals surface area contributed by atoms with Crippen molar-refractivity contribution in [1.82, 2.24) is 30.0 Å². The average Bonchev–Trinajstić information content (AvgIpc) is 3.41. The number of hydrogen-bond donors (Lipinski definition) is 0. The van der Waals surface area contributed by atoms with Gasteiger partial charge in [-0.2, -0.15) is 0 Å². The number of halogens is 1. The maximum absolute atomic E-state index is 13.0. The second-order valence-corrected chi connectivity index (χ2v) is 7.69. The summed E-state index contributed by atoms with van der Waals surface area (Å²) < 4.78 is 20.4. The summed E-state index contributed by atoms with van der Waals surface area (Å²) >= 11 is 0. The van der Waals surface area contributed by atoms with Crippen molar-refractivity contribution in [3.05, 3.63) is 66.2 Å². The Morgan fingerprint density at radius 3 is 2.33 bits per heavy atom. The minimum Gasteiger partial charge on any atom is -0.457 e. The molecule has 2 saturated heterocycles. The van der Waals surface area contributed by atoms with Gasteiger partial charge < -0.3 is 14.5 Å². The monoisotopic (exact) mass is 408 g/mol. The van der Waals surface area contributed by atoms with Crippen LogP contribution in [0.4, 0.5) is 9.18 Å². The number of carbonyl (C=O) groups excluding carboxylic acids is 1. The van der Waals surface area contributed by atoms with Crippen LogP contribution in [0.5, 0.6) is 11.5 Å². The number of tetrazole rings is 1. The molecular formula is C21H21FN6O2. The molecule has 0 unspecified atom stereocenters. The summed E-state index contributed by atoms with van der Waals surface area (Å²) in [7, 11) is 0. The molecule has 1 aromatic heterocycles. The van der Waals surface area contributed by atoms with Gasteiger partial charge in [-0.15, -0.1) is 5.10 Å². The first-order chi connectivity index (χ1) is 14.7. The Bertz CT molecular complexity index is 1000. The molecule has 8 nitrogen and oxygen atoms in total. The van der Waals surface area contributed by atoms with Gasteiger partial charge in [0.15, 0.2) is 0 Å². The average molecular weight is 408 g/mol. The molecule has 0 saturated carbocycles. The van der Waals surface area contributed by atoms with Crippen LogP contribution in [0.2, 0.25) is 0 Å². The maximum Gasteiger partial charge on any atom is 0.320 e. The van der Waals surface area contributed by atoms with Gasteiger partial charge in [-0.25, -0.2) is 13.9 Å². The molecule has 154 valence electrons. The van der Waals surface area contributed by atoms with E-state index in [4.69, 9.17) is 4.74 Å². The van der Waals surface area contributed by atoms with E-state index in [0.29, 0.717) is 37.1 Å². The lowest BCUT2D eigenvalue weighted by Gasteiger charge is -2.41. The molecule has 2 aliphatic heterocycles. The predicted molar refractivity (Wildman–Crippen MR) is 106 cm³/mol. The predicted octanol–water partition coefficient (Wildman–Crippen LogP) is 3.07. The SMILES string of the molecule is O=C(N1CC(c2ccc(Oc3ccc(F)cc3)cc2)C1)N1CC[C@@H](n2cnnn2)C1. The first-order valence-electron chi connectivity index (χ1n) is 9.95. The van der Waals surface area contributed by atoms with Crippen molar-refractivity contribution in [3.8, 4) is 11.5 Å². The molecule has 2 aliphatic rings. The fourth-order valence-corrected chi connectivity index (χ4v) is 3.96. The zero-order valence-electron chi connectivity index (χ0n) is 16.3. The van der Waals surface area contributed by atoms with Gasteiger partial charge in [-0.1, -0.05) is 12.1 Å². The summed E-state index contributed by atoms with van der Waals surface area (Å²) in [6, 6.07) is 14.0. The van der Waals surface area contributed by atoms with E-state index in [2.05, 4.69) is 15.5 Å². The molecule has 3 aromatic rings. The summed E-state index contributed by atoms with van der Waals surface area (Å²) in [4.78, 5) is 16.5. The van der Waals surface area contributed by atoms with Crippen LogP contribution in [0.1, 0.15) is 23.9 Å². The van der Waals surface area contributed by atoms with E-state index in [1.807, 2.05) is 34.1 Å². The Kier molecular flexibility index (Phi) is 4.78. The van der Waals surface area contributed by atoms with Crippen LogP contribution in [0.3, 0.4) is 0 Å². The molecule has 2 aromatic carbocycles. The van der Waals surface area contributed by atoms with Gasteiger partial charge in [0.05, 0.1) is 6.04 Å². The number of rotatable bonds is 4. The maximum atomic E-state index is 13.0. The van der Waals surface area contributed by atoms with Crippen LogP contribution in [-0.2, 0) is 0 Å². The second-order valence-electron chi connectivity index (χ2n) is 7.69. The molecular weight excluding hydrogens is 387 g/mol. The summed E-state index contributed by atoms with van der Waals surface area (Å²) in [6.45, 7) is 2.78. The van der Waals surface area contributed by atoms with E-state index in [1.54, 1.807) is 23.1 Å². The summed E-state index contributed by atoms with van der Waals surface area (Å²) in [6.07, 6.45) is 2.46. The lowest BCUT2D eigenvalue weighted by molar-refractivity contribution is 0.120. The number of carbonyl (C=O) groups is 1. The second kappa shape index (κ2) is 7.74. The summed E-state index contributed by atoms with van der Waals surface area (Å²) in [5.41, 5.74) is 1.18. The molecule has 5 rings (SSSR count). The van der Waals surface area contributed by atoms with Crippen molar-refractivity contribution in [2.75, 3.05) is 26.2 Å². The number of ether oxygens (including phenoxy) is 1. The van der Waals surface area contributed by atoms with E-state index in [0.717, 1.165) is 13.0 Å². The lowest BCUT2D eigenvalue weighted by Crippen LogP contribution is -2.53. The first-order valence-corrected chi connectivity index (χ1v) is 9.95. The number of likely N-dealkylation sites (tertiary alicyclic amines) is 2. The van der Waals surface area contributed by atoms with Gasteiger partial charge in [0.2, 0.25) is 0 Å². The fraction of sp³-hybridized carbons (Fsp3) is 0.333. The molecule has 0 N–H and O–H groups in total. The normalized spacial score (nSPS) is 19.0. The molecule has 2 fully saturated rings. The highest BCUT2D eigenvalue weighted by molar-refractivity contribution is 5.76. The molecule has 3 heterocycles. The third-order valence-electron chi connectivity index (χ3n) is 5.73. The summed E-state index contributed by atoms with van der Waals surface area (Å²) in [5, 5.41) is 11.3. The molecule has 2 amide bonds. The first kappa shape index (κ1) is 18.5. The van der Waals surface area contributed by atoms with Gasteiger partial charge >= 0.3 is 6.03 Å². The quantitative estimate of drug-likeness (QED) is 0.663. The van der Waals surface area contributed by atoms with Crippen LogP contribution in [0.25, 0.3) is 0 Å². The third kappa shape index (κ3) is 3.70. The van der Waals surface area contributed by atoms with Crippen LogP contribution in [-0.4, -0.2) is 62.2 Å². The van der Waals surface area contributed by atoms with Gasteiger partial charge in [-0.05, 0) is 58.8 Å². The number of benzene rings is 2. The molecule has 0 spiro atoms. The fourth-order valence-electron chi connectivity index (χ4n) is 3.96. The number of aromatic nitrogens is 4. The molecule has 0 bridgehead atoms. The van der Waals surface area contributed by atoms with Crippen molar-refractivity contribution in [3.63, 3.8) is 0 Å².